The summed E-state index contributed by atoms with van der Waals surface area (Å²) >= 11 is 0. The summed E-state index contributed by atoms with van der Waals surface area (Å²) in [6.45, 7) is 0.506. The molecule has 6 heteroatoms. The molecule has 0 bridgehead atoms. The number of aromatic amines is 1. The molecule has 3 aromatic rings. The molecular formula is C15H12FN3O2. The number of aromatic nitrogens is 1. The molecule has 0 aliphatic rings. The Hall–Kier alpha value is -2.89. The average molecular weight is 285 g/mol. The number of fused-ring (bicyclic) bond motifs is 1. The molecule has 0 unspecified atom stereocenters. The van der Waals surface area contributed by atoms with Crippen LogP contribution in [-0.2, 0) is 6.54 Å². The molecule has 1 aromatic heterocycles. The number of nitro groups is 1. The van der Waals surface area contributed by atoms with Crippen molar-refractivity contribution >= 4 is 22.3 Å². The fraction of sp³-hybridized carbons (Fsp3) is 0.0667. The highest BCUT2D eigenvalue weighted by molar-refractivity contribution is 5.79. The third-order valence-corrected chi connectivity index (χ3v) is 3.26. The van der Waals surface area contributed by atoms with Crippen molar-refractivity contribution in [2.24, 2.45) is 0 Å². The highest BCUT2D eigenvalue weighted by atomic mass is 19.1. The zero-order valence-corrected chi connectivity index (χ0v) is 11.0. The minimum absolute atomic E-state index is 0.504. The van der Waals surface area contributed by atoms with E-state index in [1.54, 1.807) is 0 Å². The van der Waals surface area contributed by atoms with E-state index >= 15 is 0 Å². The van der Waals surface area contributed by atoms with E-state index in [2.05, 4.69) is 10.3 Å². The molecule has 0 saturated carbocycles. The molecule has 0 aliphatic heterocycles. The maximum atomic E-state index is 13.5. The molecule has 0 fully saturated rings. The van der Waals surface area contributed by atoms with E-state index in [-0.39, 0.29) is 0 Å². The predicted molar refractivity (Wildman–Crippen MR) is 78.7 cm³/mol. The summed E-state index contributed by atoms with van der Waals surface area (Å²) in [4.78, 5) is 12.9. The first-order chi connectivity index (χ1) is 10.1. The zero-order valence-electron chi connectivity index (χ0n) is 11.0. The third kappa shape index (κ3) is 2.69. The van der Waals surface area contributed by atoms with Gasteiger partial charge in [0.05, 0.1) is 4.92 Å². The van der Waals surface area contributed by atoms with Crippen LogP contribution in [0.25, 0.3) is 10.9 Å². The lowest BCUT2D eigenvalue weighted by atomic mass is 10.1. The number of rotatable bonds is 4. The molecule has 0 saturated heterocycles. The van der Waals surface area contributed by atoms with Gasteiger partial charge >= 0.3 is 5.69 Å². The van der Waals surface area contributed by atoms with Gasteiger partial charge < -0.3 is 10.3 Å². The Morgan fingerprint density at radius 3 is 2.81 bits per heavy atom. The van der Waals surface area contributed by atoms with E-state index in [0.717, 1.165) is 28.6 Å². The van der Waals surface area contributed by atoms with Crippen LogP contribution < -0.4 is 5.32 Å². The first kappa shape index (κ1) is 13.1. The normalized spacial score (nSPS) is 10.7. The van der Waals surface area contributed by atoms with Crippen LogP contribution in [0.1, 0.15) is 5.56 Å². The maximum Gasteiger partial charge on any atom is 0.304 e. The van der Waals surface area contributed by atoms with Crippen LogP contribution in [0, 0.1) is 15.9 Å². The Kier molecular flexibility index (Phi) is 3.27. The Morgan fingerprint density at radius 1 is 1.19 bits per heavy atom. The van der Waals surface area contributed by atoms with Gasteiger partial charge in [0.1, 0.15) is 0 Å². The number of halogens is 1. The molecule has 0 spiro atoms. The van der Waals surface area contributed by atoms with Crippen molar-refractivity contribution in [3.8, 4) is 0 Å². The number of anilines is 1. The Labute approximate surface area is 119 Å². The van der Waals surface area contributed by atoms with Crippen molar-refractivity contribution in [3.05, 3.63) is 70.2 Å². The van der Waals surface area contributed by atoms with Crippen LogP contribution in [0.2, 0.25) is 0 Å². The van der Waals surface area contributed by atoms with Crippen LogP contribution in [0.15, 0.2) is 48.7 Å². The quantitative estimate of drug-likeness (QED) is 0.565. The molecule has 2 N–H and O–H groups in total. The minimum atomic E-state index is -0.843. The van der Waals surface area contributed by atoms with Gasteiger partial charge in [-0.25, -0.2) is 0 Å². The van der Waals surface area contributed by atoms with Crippen LogP contribution in [0.3, 0.4) is 0 Å². The van der Waals surface area contributed by atoms with Gasteiger partial charge in [0.25, 0.3) is 0 Å². The molecule has 106 valence electrons. The van der Waals surface area contributed by atoms with Crippen LogP contribution in [0.4, 0.5) is 15.8 Å². The molecule has 0 atom stereocenters. The zero-order chi connectivity index (χ0) is 14.8. The molecule has 21 heavy (non-hydrogen) atoms. The first-order valence-electron chi connectivity index (χ1n) is 6.37. The van der Waals surface area contributed by atoms with Gasteiger partial charge in [-0.05, 0) is 29.1 Å². The SMILES string of the molecule is O=[N+]([O-])c1ccc(NCc2ccc3cc[nH]c3c2)cc1F. The number of nitrogens with one attached hydrogen (secondary N) is 2. The first-order valence-corrected chi connectivity index (χ1v) is 6.37. The maximum absolute atomic E-state index is 13.5. The van der Waals surface area contributed by atoms with Gasteiger partial charge in [-0.2, -0.15) is 4.39 Å². The summed E-state index contributed by atoms with van der Waals surface area (Å²) in [7, 11) is 0. The van der Waals surface area contributed by atoms with Crippen molar-refractivity contribution < 1.29 is 9.31 Å². The summed E-state index contributed by atoms with van der Waals surface area (Å²) < 4.78 is 13.5. The van der Waals surface area contributed by atoms with Crippen molar-refractivity contribution in [2.75, 3.05) is 5.32 Å². The fourth-order valence-corrected chi connectivity index (χ4v) is 2.17. The van der Waals surface area contributed by atoms with E-state index in [9.17, 15) is 14.5 Å². The summed E-state index contributed by atoms with van der Waals surface area (Å²) in [5, 5.41) is 14.7. The van der Waals surface area contributed by atoms with Crippen LogP contribution in [0.5, 0.6) is 0 Å². The predicted octanol–water partition coefficient (Wildman–Crippen LogP) is 3.83. The summed E-state index contributed by atoms with van der Waals surface area (Å²) in [5.74, 6) is -0.843. The number of nitrogens with zero attached hydrogens (tertiary/aromatic N) is 1. The lowest BCUT2D eigenvalue weighted by Crippen LogP contribution is -2.00. The molecular weight excluding hydrogens is 273 g/mol. The molecule has 0 radical (unpaired) electrons. The van der Waals surface area contributed by atoms with Gasteiger partial charge in [-0.3, -0.25) is 10.1 Å². The highest BCUT2D eigenvalue weighted by Crippen LogP contribution is 2.21. The molecule has 0 aliphatic carbocycles. The van der Waals surface area contributed by atoms with Gasteiger partial charge in [0, 0.05) is 36.1 Å². The van der Waals surface area contributed by atoms with Gasteiger partial charge in [0.2, 0.25) is 5.82 Å². The largest absolute Gasteiger partial charge is 0.381 e. The number of nitro benzene ring substituents is 1. The molecule has 5 nitrogen and oxygen atoms in total. The van der Waals surface area contributed by atoms with E-state index in [1.165, 1.54) is 6.07 Å². The number of H-pyrrole nitrogens is 1. The smallest absolute Gasteiger partial charge is 0.304 e. The minimum Gasteiger partial charge on any atom is -0.381 e. The van der Waals surface area contributed by atoms with Crippen molar-refractivity contribution in [3.63, 3.8) is 0 Å². The van der Waals surface area contributed by atoms with Gasteiger partial charge in [-0.1, -0.05) is 12.1 Å². The van der Waals surface area contributed by atoms with E-state index < -0.39 is 16.4 Å². The van der Waals surface area contributed by atoms with Crippen molar-refractivity contribution in [1.82, 2.24) is 4.98 Å². The van der Waals surface area contributed by atoms with Crippen molar-refractivity contribution in [1.29, 1.82) is 0 Å². The van der Waals surface area contributed by atoms with Crippen molar-refractivity contribution in [2.45, 2.75) is 6.54 Å². The monoisotopic (exact) mass is 285 g/mol. The van der Waals surface area contributed by atoms with Gasteiger partial charge in [-0.15, -0.1) is 0 Å². The average Bonchev–Trinajstić information content (AvgIpc) is 2.92. The topological polar surface area (TPSA) is 71.0 Å². The second-order valence-electron chi connectivity index (χ2n) is 4.68. The number of hydrogen-bond donors (Lipinski definition) is 2. The molecule has 1 heterocycles. The lowest BCUT2D eigenvalue weighted by molar-refractivity contribution is -0.387. The molecule has 3 rings (SSSR count). The fourth-order valence-electron chi connectivity index (χ4n) is 2.17. The summed E-state index contributed by atoms with van der Waals surface area (Å²) in [5.41, 5.74) is 2.05. The highest BCUT2D eigenvalue weighted by Gasteiger charge is 2.13. The summed E-state index contributed by atoms with van der Waals surface area (Å²) in [6.07, 6.45) is 1.87. The Bertz CT molecular complexity index is 814. The number of benzene rings is 2. The Morgan fingerprint density at radius 2 is 2.05 bits per heavy atom. The van der Waals surface area contributed by atoms with E-state index in [0.29, 0.717) is 12.2 Å². The summed E-state index contributed by atoms with van der Waals surface area (Å²) in [6, 6.07) is 11.7. The lowest BCUT2D eigenvalue weighted by Gasteiger charge is -2.07. The third-order valence-electron chi connectivity index (χ3n) is 3.26. The van der Waals surface area contributed by atoms with Gasteiger partial charge in [0.15, 0.2) is 0 Å². The standard InChI is InChI=1S/C15H12FN3O2/c16-13-8-12(3-4-15(13)19(20)21)18-9-10-1-2-11-5-6-17-14(11)7-10/h1-8,17-18H,9H2. The van der Waals surface area contributed by atoms with E-state index in [1.807, 2.05) is 30.5 Å². The van der Waals surface area contributed by atoms with E-state index in [4.69, 9.17) is 0 Å². The molecule has 0 amide bonds. The second-order valence-corrected chi connectivity index (χ2v) is 4.68. The number of hydrogen-bond acceptors (Lipinski definition) is 3. The Balaban J connectivity index is 1.75. The molecule has 2 aromatic carbocycles. The van der Waals surface area contributed by atoms with Crippen LogP contribution >= 0.6 is 0 Å². The second kappa shape index (κ2) is 5.24. The van der Waals surface area contributed by atoms with Crippen LogP contribution in [-0.4, -0.2) is 9.91 Å².